The molecule has 3 aromatic carbocycles. The molecule has 0 bridgehead atoms. The van der Waals surface area contributed by atoms with Gasteiger partial charge in [0.1, 0.15) is 11.5 Å². The number of esters is 2. The van der Waals surface area contributed by atoms with Crippen molar-refractivity contribution in [2.24, 2.45) is 0 Å². The highest BCUT2D eigenvalue weighted by Crippen LogP contribution is 2.16. The molecule has 0 heterocycles. The van der Waals surface area contributed by atoms with E-state index in [9.17, 15) is 9.59 Å². The van der Waals surface area contributed by atoms with Gasteiger partial charge in [0, 0.05) is 6.42 Å². The first kappa shape index (κ1) is 17.4. The highest BCUT2D eigenvalue weighted by molar-refractivity contribution is 5.90. The van der Waals surface area contributed by atoms with Crippen LogP contribution >= 0.6 is 0 Å². The van der Waals surface area contributed by atoms with Gasteiger partial charge >= 0.3 is 11.9 Å². The van der Waals surface area contributed by atoms with Crippen LogP contribution < -0.4 is 9.47 Å². The van der Waals surface area contributed by atoms with Crippen molar-refractivity contribution in [2.45, 2.75) is 12.8 Å². The fraction of sp³-hybridized carbons (Fsp3) is 0.0909. The summed E-state index contributed by atoms with van der Waals surface area (Å²) in [5.74, 6) is 0.329. The molecule has 0 fully saturated rings. The highest BCUT2D eigenvalue weighted by atomic mass is 16.5. The Morgan fingerprint density at radius 2 is 1.23 bits per heavy atom. The van der Waals surface area contributed by atoms with Gasteiger partial charge in [0.2, 0.25) is 0 Å². The lowest BCUT2D eigenvalue weighted by molar-refractivity contribution is -0.134. The molecule has 4 heteroatoms. The van der Waals surface area contributed by atoms with E-state index in [2.05, 4.69) is 0 Å². The van der Waals surface area contributed by atoms with E-state index in [-0.39, 0.29) is 12.4 Å². The number of carbonyl (C=O) groups excluding carboxylic acids is 2. The Kier molecular flexibility index (Phi) is 5.78. The predicted octanol–water partition coefficient (Wildman–Crippen LogP) is 4.44. The van der Waals surface area contributed by atoms with E-state index < -0.39 is 5.97 Å². The van der Waals surface area contributed by atoms with Crippen LogP contribution in [0.3, 0.4) is 0 Å². The third-order valence-electron chi connectivity index (χ3n) is 3.74. The molecule has 0 aliphatic carbocycles. The van der Waals surface area contributed by atoms with Gasteiger partial charge in [-0.3, -0.25) is 4.79 Å². The second-order valence-corrected chi connectivity index (χ2v) is 5.69. The molecule has 0 amide bonds. The van der Waals surface area contributed by atoms with E-state index in [4.69, 9.17) is 9.47 Å². The Bertz CT molecular complexity index is 856. The predicted molar refractivity (Wildman–Crippen MR) is 98.2 cm³/mol. The van der Waals surface area contributed by atoms with Crippen molar-refractivity contribution in [3.05, 3.63) is 96.1 Å². The zero-order valence-electron chi connectivity index (χ0n) is 14.1. The number of benzene rings is 3. The van der Waals surface area contributed by atoms with Crippen molar-refractivity contribution in [2.75, 3.05) is 0 Å². The summed E-state index contributed by atoms with van der Waals surface area (Å²) in [5.41, 5.74) is 1.47. The quantitative estimate of drug-likeness (QED) is 0.489. The Hall–Kier alpha value is -3.40. The molecule has 0 atom stereocenters. The van der Waals surface area contributed by atoms with Crippen LogP contribution in [-0.4, -0.2) is 11.9 Å². The number of aryl methyl sites for hydroxylation is 1. The largest absolute Gasteiger partial charge is 0.427 e. The Balaban J connectivity index is 1.50. The number of para-hydroxylation sites is 1. The number of hydrogen-bond donors (Lipinski definition) is 0. The molecule has 130 valence electrons. The summed E-state index contributed by atoms with van der Waals surface area (Å²) in [6.45, 7) is 0. The van der Waals surface area contributed by atoms with Gasteiger partial charge in [-0.25, -0.2) is 4.79 Å². The lowest BCUT2D eigenvalue weighted by Gasteiger charge is -2.06. The van der Waals surface area contributed by atoms with E-state index in [1.807, 2.05) is 36.4 Å². The number of ether oxygens (including phenoxy) is 2. The minimum absolute atomic E-state index is 0.276. The van der Waals surface area contributed by atoms with Crippen LogP contribution in [0.1, 0.15) is 22.3 Å². The summed E-state index contributed by atoms with van der Waals surface area (Å²) in [7, 11) is 0. The first-order valence-electron chi connectivity index (χ1n) is 8.32. The van der Waals surface area contributed by atoms with Crippen LogP contribution in [0.15, 0.2) is 84.9 Å². The lowest BCUT2D eigenvalue weighted by atomic mass is 10.1. The first-order chi connectivity index (χ1) is 12.7. The lowest BCUT2D eigenvalue weighted by Crippen LogP contribution is -2.09. The monoisotopic (exact) mass is 346 g/mol. The molecule has 3 aromatic rings. The van der Waals surface area contributed by atoms with Crippen LogP contribution in [0.5, 0.6) is 11.5 Å². The maximum atomic E-state index is 12.0. The van der Waals surface area contributed by atoms with Crippen molar-refractivity contribution < 1.29 is 19.1 Å². The molecule has 0 N–H and O–H groups in total. The summed E-state index contributed by atoms with van der Waals surface area (Å²) in [6.07, 6.45) is 0.830. The van der Waals surface area contributed by atoms with Crippen molar-refractivity contribution in [3.8, 4) is 11.5 Å². The van der Waals surface area contributed by atoms with E-state index in [1.165, 1.54) is 0 Å². The maximum Gasteiger partial charge on any atom is 0.343 e. The number of hydrogen-bond acceptors (Lipinski definition) is 4. The fourth-order valence-corrected chi connectivity index (χ4v) is 2.38. The van der Waals surface area contributed by atoms with Gasteiger partial charge in [0.15, 0.2) is 0 Å². The third kappa shape index (κ3) is 5.05. The third-order valence-corrected chi connectivity index (χ3v) is 3.74. The van der Waals surface area contributed by atoms with Gasteiger partial charge in [-0.05, 0) is 48.4 Å². The Morgan fingerprint density at radius 3 is 1.88 bits per heavy atom. The van der Waals surface area contributed by atoms with E-state index in [1.54, 1.807) is 48.5 Å². The second-order valence-electron chi connectivity index (χ2n) is 5.69. The van der Waals surface area contributed by atoms with Crippen LogP contribution in [0.4, 0.5) is 0 Å². The molecule has 0 spiro atoms. The van der Waals surface area contributed by atoms with Crippen molar-refractivity contribution in [1.82, 2.24) is 0 Å². The van der Waals surface area contributed by atoms with Crippen LogP contribution in [0, 0.1) is 0 Å². The topological polar surface area (TPSA) is 52.6 Å². The molecule has 0 unspecified atom stereocenters. The molecular weight excluding hydrogens is 328 g/mol. The minimum atomic E-state index is -0.398. The average molecular weight is 346 g/mol. The first-order valence-corrected chi connectivity index (χ1v) is 8.32. The maximum absolute atomic E-state index is 12.0. The summed E-state index contributed by atoms with van der Waals surface area (Å²) in [5, 5.41) is 0. The highest BCUT2D eigenvalue weighted by Gasteiger charge is 2.08. The summed E-state index contributed by atoms with van der Waals surface area (Å²) in [6, 6.07) is 24.9. The summed E-state index contributed by atoms with van der Waals surface area (Å²) < 4.78 is 10.6. The molecular formula is C22H18O4. The van der Waals surface area contributed by atoms with Crippen LogP contribution in [0.2, 0.25) is 0 Å². The zero-order valence-corrected chi connectivity index (χ0v) is 14.1. The van der Waals surface area contributed by atoms with Gasteiger partial charge in [-0.1, -0.05) is 48.5 Å². The molecule has 0 saturated heterocycles. The van der Waals surface area contributed by atoms with Crippen molar-refractivity contribution in [1.29, 1.82) is 0 Å². The molecule has 0 radical (unpaired) electrons. The molecule has 0 saturated carbocycles. The molecule has 3 rings (SSSR count). The van der Waals surface area contributed by atoms with Gasteiger partial charge in [0.05, 0.1) is 5.56 Å². The number of carbonyl (C=O) groups is 2. The van der Waals surface area contributed by atoms with Crippen molar-refractivity contribution >= 4 is 11.9 Å². The van der Waals surface area contributed by atoms with E-state index >= 15 is 0 Å². The molecule has 0 aliphatic rings. The van der Waals surface area contributed by atoms with Crippen LogP contribution in [-0.2, 0) is 11.2 Å². The van der Waals surface area contributed by atoms with E-state index in [0.717, 1.165) is 5.56 Å². The SMILES string of the molecule is O=C(CCc1ccc(OC(=O)c2ccccc2)cc1)Oc1ccccc1. The van der Waals surface area contributed by atoms with Crippen molar-refractivity contribution in [3.63, 3.8) is 0 Å². The fourth-order valence-electron chi connectivity index (χ4n) is 2.38. The molecule has 0 aromatic heterocycles. The zero-order chi connectivity index (χ0) is 18.2. The number of rotatable bonds is 6. The molecule has 26 heavy (non-hydrogen) atoms. The summed E-state index contributed by atoms with van der Waals surface area (Å²) in [4.78, 5) is 23.9. The molecule has 4 nitrogen and oxygen atoms in total. The second kappa shape index (κ2) is 8.62. The smallest absolute Gasteiger partial charge is 0.343 e. The normalized spacial score (nSPS) is 10.2. The molecule has 0 aliphatic heterocycles. The van der Waals surface area contributed by atoms with Gasteiger partial charge in [-0.2, -0.15) is 0 Å². The van der Waals surface area contributed by atoms with Gasteiger partial charge < -0.3 is 9.47 Å². The van der Waals surface area contributed by atoms with Gasteiger partial charge in [-0.15, -0.1) is 0 Å². The van der Waals surface area contributed by atoms with Gasteiger partial charge in [0.25, 0.3) is 0 Å². The van der Waals surface area contributed by atoms with Crippen LogP contribution in [0.25, 0.3) is 0 Å². The minimum Gasteiger partial charge on any atom is -0.427 e. The standard InChI is InChI=1S/C22H18O4/c23-21(25-19-9-5-2-6-10-19)16-13-17-11-14-20(15-12-17)26-22(24)18-7-3-1-4-8-18/h1-12,14-15H,13,16H2. The average Bonchev–Trinajstić information content (AvgIpc) is 2.69. The Labute approximate surface area is 152 Å². The van der Waals surface area contributed by atoms with E-state index in [0.29, 0.717) is 23.5 Å². The summed E-state index contributed by atoms with van der Waals surface area (Å²) >= 11 is 0. The Morgan fingerprint density at radius 1 is 0.654 bits per heavy atom.